The second-order valence-corrected chi connectivity index (χ2v) is 7.21. The highest BCUT2D eigenvalue weighted by atomic mass is 32.2. The molecule has 0 atom stereocenters. The van der Waals surface area contributed by atoms with Crippen LogP contribution in [-0.2, 0) is 19.1 Å². The van der Waals surface area contributed by atoms with Crippen molar-refractivity contribution in [3.8, 4) is 0 Å². The van der Waals surface area contributed by atoms with Gasteiger partial charge in [-0.15, -0.1) is 0 Å². The molecule has 0 spiro atoms. The molecule has 0 aliphatic rings. The fourth-order valence-electron chi connectivity index (χ4n) is 2.52. The van der Waals surface area contributed by atoms with Gasteiger partial charge in [-0.1, -0.05) is 30.0 Å². The standard InChI is InChI=1S/C21H19N3O5S/c1-13-7-8-14(21(27)28-2)9-17(13)23-18(25)11-29-20(26)12-30-19-10-22-15-5-3-4-6-16(15)24-19/h3-10H,11-12H2,1-2H3,(H,23,25). The number of aryl methyl sites for hydroxylation is 1. The minimum Gasteiger partial charge on any atom is -0.465 e. The van der Waals surface area contributed by atoms with Crippen molar-refractivity contribution in [1.82, 2.24) is 9.97 Å². The molecule has 3 rings (SSSR count). The Hall–Kier alpha value is -3.46. The van der Waals surface area contributed by atoms with Gasteiger partial charge in [0.15, 0.2) is 6.61 Å². The smallest absolute Gasteiger partial charge is 0.337 e. The van der Waals surface area contributed by atoms with Crippen molar-refractivity contribution in [2.45, 2.75) is 11.9 Å². The quantitative estimate of drug-likeness (QED) is 0.455. The SMILES string of the molecule is COC(=O)c1ccc(C)c(NC(=O)COC(=O)CSc2cnc3ccccc3n2)c1. The van der Waals surface area contributed by atoms with Crippen LogP contribution in [0.4, 0.5) is 5.69 Å². The number of carbonyl (C=O) groups excluding carboxylic acids is 3. The van der Waals surface area contributed by atoms with Crippen LogP contribution >= 0.6 is 11.8 Å². The molecule has 1 N–H and O–H groups in total. The van der Waals surface area contributed by atoms with E-state index in [0.717, 1.165) is 16.6 Å². The summed E-state index contributed by atoms with van der Waals surface area (Å²) in [7, 11) is 1.28. The highest BCUT2D eigenvalue weighted by Crippen LogP contribution is 2.19. The summed E-state index contributed by atoms with van der Waals surface area (Å²) >= 11 is 1.18. The van der Waals surface area contributed by atoms with Gasteiger partial charge in [-0.2, -0.15) is 0 Å². The van der Waals surface area contributed by atoms with Gasteiger partial charge in [0.1, 0.15) is 5.03 Å². The van der Waals surface area contributed by atoms with Gasteiger partial charge in [0.05, 0.1) is 35.7 Å². The summed E-state index contributed by atoms with van der Waals surface area (Å²) in [4.78, 5) is 44.4. The molecule has 0 bridgehead atoms. The van der Waals surface area contributed by atoms with Crippen molar-refractivity contribution in [2.24, 2.45) is 0 Å². The predicted molar refractivity (Wildman–Crippen MR) is 112 cm³/mol. The molecule has 0 aliphatic heterocycles. The lowest BCUT2D eigenvalue weighted by Gasteiger charge is -2.10. The summed E-state index contributed by atoms with van der Waals surface area (Å²) in [6.45, 7) is 1.34. The molecule has 0 saturated heterocycles. The Bertz CT molecular complexity index is 1100. The molecule has 9 heteroatoms. The van der Waals surface area contributed by atoms with Gasteiger partial charge in [-0.05, 0) is 36.8 Å². The molecule has 1 amide bonds. The van der Waals surface area contributed by atoms with Crippen LogP contribution in [0.5, 0.6) is 0 Å². The van der Waals surface area contributed by atoms with E-state index in [1.807, 2.05) is 24.3 Å². The van der Waals surface area contributed by atoms with Crippen molar-refractivity contribution < 1.29 is 23.9 Å². The van der Waals surface area contributed by atoms with Crippen LogP contribution in [0.2, 0.25) is 0 Å². The number of thioether (sulfide) groups is 1. The van der Waals surface area contributed by atoms with Crippen LogP contribution in [0.15, 0.2) is 53.7 Å². The fourth-order valence-corrected chi connectivity index (χ4v) is 3.16. The first-order valence-electron chi connectivity index (χ1n) is 8.95. The number of rotatable bonds is 7. The molecule has 154 valence electrons. The summed E-state index contributed by atoms with van der Waals surface area (Å²) in [5.41, 5.74) is 3.02. The molecule has 8 nitrogen and oxygen atoms in total. The van der Waals surface area contributed by atoms with E-state index in [1.54, 1.807) is 25.3 Å². The minimum absolute atomic E-state index is 0.00282. The van der Waals surface area contributed by atoms with E-state index in [0.29, 0.717) is 16.3 Å². The molecule has 2 aromatic carbocycles. The number of benzene rings is 2. The Kier molecular flexibility index (Phi) is 6.97. The molecule has 0 aliphatic carbocycles. The molecular formula is C21H19N3O5S. The molecule has 0 fully saturated rings. The molecular weight excluding hydrogens is 406 g/mol. The van der Waals surface area contributed by atoms with Crippen LogP contribution in [0.3, 0.4) is 0 Å². The van der Waals surface area contributed by atoms with Crippen molar-refractivity contribution in [1.29, 1.82) is 0 Å². The van der Waals surface area contributed by atoms with Gasteiger partial charge in [0, 0.05) is 5.69 Å². The first-order chi connectivity index (χ1) is 14.5. The molecule has 1 heterocycles. The van der Waals surface area contributed by atoms with Gasteiger partial charge in [0.2, 0.25) is 0 Å². The highest BCUT2D eigenvalue weighted by Gasteiger charge is 2.13. The van der Waals surface area contributed by atoms with Crippen LogP contribution < -0.4 is 5.32 Å². The fraction of sp³-hybridized carbons (Fsp3) is 0.190. The highest BCUT2D eigenvalue weighted by molar-refractivity contribution is 7.99. The van der Waals surface area contributed by atoms with Crippen LogP contribution in [0.25, 0.3) is 11.0 Å². The maximum Gasteiger partial charge on any atom is 0.337 e. The zero-order valence-corrected chi connectivity index (χ0v) is 17.2. The van der Waals surface area contributed by atoms with Crippen molar-refractivity contribution in [2.75, 3.05) is 24.8 Å². The first-order valence-corrected chi connectivity index (χ1v) is 9.94. The first kappa shape index (κ1) is 21.3. The summed E-state index contributed by atoms with van der Waals surface area (Å²) in [6, 6.07) is 12.2. The molecule has 3 aromatic rings. The number of amides is 1. The van der Waals surface area contributed by atoms with E-state index in [-0.39, 0.29) is 5.75 Å². The number of esters is 2. The number of carbonyl (C=O) groups is 3. The van der Waals surface area contributed by atoms with Gasteiger partial charge in [-0.25, -0.2) is 9.78 Å². The number of para-hydroxylation sites is 2. The summed E-state index contributed by atoms with van der Waals surface area (Å²) < 4.78 is 9.68. The molecule has 0 saturated carbocycles. The second kappa shape index (κ2) is 9.84. The number of aromatic nitrogens is 2. The van der Waals surface area contributed by atoms with Crippen LogP contribution in [0.1, 0.15) is 15.9 Å². The lowest BCUT2D eigenvalue weighted by Crippen LogP contribution is -2.22. The number of fused-ring (bicyclic) bond motifs is 1. The number of methoxy groups -OCH3 is 1. The van der Waals surface area contributed by atoms with E-state index in [1.165, 1.54) is 24.9 Å². The third kappa shape index (κ3) is 5.54. The zero-order valence-electron chi connectivity index (χ0n) is 16.4. The van der Waals surface area contributed by atoms with Crippen molar-refractivity contribution >= 4 is 46.3 Å². The lowest BCUT2D eigenvalue weighted by molar-refractivity contribution is -0.144. The lowest BCUT2D eigenvalue weighted by atomic mass is 10.1. The average molecular weight is 425 g/mol. The van der Waals surface area contributed by atoms with Gasteiger partial charge in [-0.3, -0.25) is 14.6 Å². The van der Waals surface area contributed by atoms with E-state index in [4.69, 9.17) is 4.74 Å². The normalized spacial score (nSPS) is 10.5. The van der Waals surface area contributed by atoms with Crippen LogP contribution in [0, 0.1) is 6.92 Å². The van der Waals surface area contributed by atoms with Crippen molar-refractivity contribution in [3.63, 3.8) is 0 Å². The second-order valence-electron chi connectivity index (χ2n) is 6.22. The average Bonchev–Trinajstić information content (AvgIpc) is 2.77. The summed E-state index contributed by atoms with van der Waals surface area (Å²) in [5, 5.41) is 3.21. The molecule has 30 heavy (non-hydrogen) atoms. The zero-order chi connectivity index (χ0) is 21.5. The molecule has 1 aromatic heterocycles. The van der Waals surface area contributed by atoms with E-state index < -0.39 is 24.5 Å². The topological polar surface area (TPSA) is 107 Å². The molecule has 0 radical (unpaired) electrons. The number of hydrogen-bond acceptors (Lipinski definition) is 8. The van der Waals surface area contributed by atoms with Gasteiger partial charge >= 0.3 is 11.9 Å². The van der Waals surface area contributed by atoms with E-state index in [2.05, 4.69) is 20.0 Å². The number of anilines is 1. The largest absolute Gasteiger partial charge is 0.465 e. The Morgan fingerprint density at radius 1 is 1.10 bits per heavy atom. The predicted octanol–water partition coefficient (Wildman–Crippen LogP) is 3.00. The monoisotopic (exact) mass is 425 g/mol. The Labute approximate surface area is 177 Å². The Morgan fingerprint density at radius 3 is 2.63 bits per heavy atom. The van der Waals surface area contributed by atoms with Crippen LogP contribution in [-0.4, -0.2) is 47.3 Å². The summed E-state index contributed by atoms with van der Waals surface area (Å²) in [5.74, 6) is -1.57. The van der Waals surface area contributed by atoms with Gasteiger partial charge < -0.3 is 14.8 Å². The van der Waals surface area contributed by atoms with Crippen molar-refractivity contribution in [3.05, 3.63) is 59.8 Å². The third-order valence-electron chi connectivity index (χ3n) is 4.06. The maximum absolute atomic E-state index is 12.1. The summed E-state index contributed by atoms with van der Waals surface area (Å²) in [6.07, 6.45) is 1.59. The third-order valence-corrected chi connectivity index (χ3v) is 4.93. The molecule has 0 unspecified atom stereocenters. The number of ether oxygens (including phenoxy) is 2. The number of nitrogens with zero attached hydrogens (tertiary/aromatic N) is 2. The van der Waals surface area contributed by atoms with Gasteiger partial charge in [0.25, 0.3) is 5.91 Å². The Balaban J connectivity index is 1.49. The maximum atomic E-state index is 12.1. The Morgan fingerprint density at radius 2 is 1.87 bits per heavy atom. The van der Waals surface area contributed by atoms with E-state index in [9.17, 15) is 14.4 Å². The van der Waals surface area contributed by atoms with E-state index >= 15 is 0 Å². The number of nitrogens with one attached hydrogen (secondary N) is 1. The minimum atomic E-state index is -0.551. The number of hydrogen-bond donors (Lipinski definition) is 1.